The molecule has 0 spiro atoms. The SMILES string of the molecule is CC(C)(C)C(=O)Cl.CON(C)C(=O)C(C)C[C@H](C)CCCO.CON(C)C(=O)C(C)C[C@H](C)CCCOC(=O)C(C)(C)C. The average molecular weight is 639 g/mol. The van der Waals surface area contributed by atoms with Crippen LogP contribution in [0, 0.1) is 34.5 Å². The highest BCUT2D eigenvalue weighted by atomic mass is 35.5. The summed E-state index contributed by atoms with van der Waals surface area (Å²) in [6.07, 6.45) is 5.18. The Morgan fingerprint density at radius 1 is 0.721 bits per heavy atom. The Morgan fingerprint density at radius 3 is 1.35 bits per heavy atom. The number of carbonyl (C=O) groups excluding carboxylic acids is 4. The molecule has 1 N–H and O–H groups in total. The Morgan fingerprint density at radius 2 is 1.07 bits per heavy atom. The minimum absolute atomic E-state index is 0.00773. The third-order valence-corrected chi connectivity index (χ3v) is 7.22. The maximum absolute atomic E-state index is 11.9. The number of ether oxygens (including phenoxy) is 1. The highest BCUT2D eigenvalue weighted by molar-refractivity contribution is 6.64. The second-order valence-corrected chi connectivity index (χ2v) is 13.8. The molecule has 4 atom stereocenters. The fraction of sp³-hybridized carbons (Fsp3) is 0.875. The molecular formula is C32H63ClN2O8. The van der Waals surface area contributed by atoms with Crippen LogP contribution in [-0.4, -0.2) is 79.8 Å². The molecule has 2 amide bonds. The van der Waals surface area contributed by atoms with Gasteiger partial charge < -0.3 is 9.84 Å². The van der Waals surface area contributed by atoms with E-state index in [0.29, 0.717) is 18.4 Å². The lowest BCUT2D eigenvalue weighted by Crippen LogP contribution is -2.31. The number of esters is 1. The van der Waals surface area contributed by atoms with Gasteiger partial charge in [-0.05, 0) is 82.7 Å². The molecule has 0 fully saturated rings. The number of aliphatic hydroxyl groups is 1. The van der Waals surface area contributed by atoms with Gasteiger partial charge in [-0.3, -0.25) is 28.9 Å². The third kappa shape index (κ3) is 24.3. The van der Waals surface area contributed by atoms with Gasteiger partial charge in [0.05, 0.1) is 26.2 Å². The predicted octanol–water partition coefficient (Wildman–Crippen LogP) is 6.28. The molecule has 0 aromatic rings. The molecule has 0 rings (SSSR count). The van der Waals surface area contributed by atoms with Gasteiger partial charge in [-0.15, -0.1) is 0 Å². The summed E-state index contributed by atoms with van der Waals surface area (Å²) in [4.78, 5) is 55.1. The van der Waals surface area contributed by atoms with Crippen molar-refractivity contribution >= 4 is 34.6 Å². The minimum atomic E-state index is -0.447. The molecule has 0 aromatic carbocycles. The smallest absolute Gasteiger partial charge is 0.311 e. The van der Waals surface area contributed by atoms with Crippen LogP contribution in [0.3, 0.4) is 0 Å². The van der Waals surface area contributed by atoms with Crippen molar-refractivity contribution in [3.8, 4) is 0 Å². The molecule has 11 heteroatoms. The summed E-state index contributed by atoms with van der Waals surface area (Å²) in [6.45, 7) is 19.6. The van der Waals surface area contributed by atoms with E-state index in [1.165, 1.54) is 24.3 Å². The van der Waals surface area contributed by atoms with Crippen LogP contribution in [0.15, 0.2) is 0 Å². The number of carbonyl (C=O) groups is 4. The van der Waals surface area contributed by atoms with Crippen molar-refractivity contribution in [3.05, 3.63) is 0 Å². The van der Waals surface area contributed by atoms with Gasteiger partial charge in [-0.1, -0.05) is 48.5 Å². The minimum Gasteiger partial charge on any atom is -0.465 e. The molecular weight excluding hydrogens is 576 g/mol. The highest BCUT2D eigenvalue weighted by Gasteiger charge is 2.23. The molecule has 0 aliphatic rings. The Balaban J connectivity index is -0.000000630. The van der Waals surface area contributed by atoms with Crippen LogP contribution in [0.25, 0.3) is 0 Å². The number of rotatable bonds is 15. The number of hydrogen-bond acceptors (Lipinski definition) is 8. The first kappa shape index (κ1) is 45.7. The van der Waals surface area contributed by atoms with E-state index < -0.39 is 5.41 Å². The van der Waals surface area contributed by atoms with Crippen molar-refractivity contribution in [1.29, 1.82) is 0 Å². The normalized spacial score (nSPS) is 14.0. The van der Waals surface area contributed by atoms with Crippen LogP contribution >= 0.6 is 11.6 Å². The fourth-order valence-corrected chi connectivity index (χ4v) is 3.70. The number of nitrogens with zero attached hydrogens (tertiary/aromatic N) is 2. The number of hydroxylamine groups is 4. The Bertz CT molecular complexity index is 795. The lowest BCUT2D eigenvalue weighted by molar-refractivity contribution is -0.173. The third-order valence-electron chi connectivity index (χ3n) is 6.65. The summed E-state index contributed by atoms with van der Waals surface area (Å²) in [5.74, 6) is 0.604. The first-order valence-corrected chi connectivity index (χ1v) is 15.6. The van der Waals surface area contributed by atoms with Crippen LogP contribution in [0.5, 0.6) is 0 Å². The number of halogens is 1. The van der Waals surface area contributed by atoms with E-state index in [4.69, 9.17) is 31.1 Å². The number of aliphatic hydroxyl groups excluding tert-OH is 1. The van der Waals surface area contributed by atoms with Crippen molar-refractivity contribution < 1.29 is 38.7 Å². The molecule has 0 aromatic heterocycles. The van der Waals surface area contributed by atoms with Gasteiger partial charge in [-0.2, -0.15) is 0 Å². The van der Waals surface area contributed by atoms with Gasteiger partial charge in [0.2, 0.25) is 17.1 Å². The van der Waals surface area contributed by atoms with E-state index in [9.17, 15) is 19.2 Å². The molecule has 0 aliphatic carbocycles. The van der Waals surface area contributed by atoms with E-state index >= 15 is 0 Å². The predicted molar refractivity (Wildman–Crippen MR) is 172 cm³/mol. The van der Waals surface area contributed by atoms with Crippen LogP contribution in [0.4, 0.5) is 0 Å². The summed E-state index contributed by atoms with van der Waals surface area (Å²) >= 11 is 5.11. The first-order valence-electron chi connectivity index (χ1n) is 15.2. The average Bonchev–Trinajstić information content (AvgIpc) is 2.91. The zero-order valence-electron chi connectivity index (χ0n) is 29.5. The molecule has 0 bridgehead atoms. The molecule has 0 radical (unpaired) electrons. The highest BCUT2D eigenvalue weighted by Crippen LogP contribution is 2.20. The molecule has 2 unspecified atom stereocenters. The molecule has 256 valence electrons. The Hall–Kier alpha value is -1.75. The van der Waals surface area contributed by atoms with Crippen LogP contribution in [-0.2, 0) is 33.6 Å². The standard InChI is InChI=1S/C16H31NO4.C11H23NO3.C5H9ClO/c1-12(11-13(2)14(18)17(6)20-7)9-8-10-21-15(19)16(3,4)5;1-9(6-5-7-13)8-10(2)11(14)12(3)15-4;1-5(2,3)4(6)7/h12-13H,8-11H2,1-7H3;9-10,13H,5-8H2,1-4H3;1-3H3/t12-,13?;9-,10?;/m11./s1. The zero-order valence-corrected chi connectivity index (χ0v) is 30.3. The molecule has 0 saturated heterocycles. The van der Waals surface area contributed by atoms with Crippen LogP contribution in [0.2, 0.25) is 0 Å². The monoisotopic (exact) mass is 638 g/mol. The maximum Gasteiger partial charge on any atom is 0.311 e. The molecule has 0 saturated carbocycles. The molecule has 10 nitrogen and oxygen atoms in total. The molecule has 43 heavy (non-hydrogen) atoms. The van der Waals surface area contributed by atoms with Crippen LogP contribution < -0.4 is 0 Å². The van der Waals surface area contributed by atoms with Gasteiger partial charge in [-0.25, -0.2) is 10.1 Å². The quantitative estimate of drug-likeness (QED) is 0.0963. The summed E-state index contributed by atoms with van der Waals surface area (Å²) in [7, 11) is 6.21. The maximum atomic E-state index is 11.9. The summed E-state index contributed by atoms with van der Waals surface area (Å²) < 4.78 is 5.23. The van der Waals surface area contributed by atoms with Crippen molar-refractivity contribution in [2.45, 2.75) is 108 Å². The summed E-state index contributed by atoms with van der Waals surface area (Å²) in [6, 6.07) is 0. The summed E-state index contributed by atoms with van der Waals surface area (Å²) in [5, 5.41) is 10.9. The van der Waals surface area contributed by atoms with Gasteiger partial charge >= 0.3 is 5.97 Å². The van der Waals surface area contributed by atoms with Gasteiger partial charge in [0.1, 0.15) is 0 Å². The van der Waals surface area contributed by atoms with E-state index in [-0.39, 0.29) is 46.9 Å². The van der Waals surface area contributed by atoms with Crippen molar-refractivity contribution in [2.24, 2.45) is 34.5 Å². The molecule has 0 aliphatic heterocycles. The summed E-state index contributed by atoms with van der Waals surface area (Å²) in [5.41, 5.74) is -0.821. The van der Waals surface area contributed by atoms with E-state index in [1.807, 2.05) is 34.6 Å². The second kappa shape index (κ2) is 23.6. The first-order chi connectivity index (χ1) is 19.6. The molecule has 0 heterocycles. The number of amides is 2. The van der Waals surface area contributed by atoms with E-state index in [2.05, 4.69) is 13.8 Å². The van der Waals surface area contributed by atoms with E-state index in [1.54, 1.807) is 34.9 Å². The largest absolute Gasteiger partial charge is 0.465 e. The number of hydrogen-bond donors (Lipinski definition) is 1. The van der Waals surface area contributed by atoms with Gasteiger partial charge in [0, 0.05) is 38.0 Å². The second-order valence-electron chi connectivity index (χ2n) is 13.4. The van der Waals surface area contributed by atoms with Crippen LogP contribution in [0.1, 0.15) is 108 Å². The lowest BCUT2D eigenvalue weighted by atomic mass is 9.93. The Labute approximate surface area is 267 Å². The van der Waals surface area contributed by atoms with E-state index in [0.717, 1.165) is 38.5 Å². The topological polar surface area (TPSA) is 123 Å². The zero-order chi connectivity index (χ0) is 34.6. The van der Waals surface area contributed by atoms with Crippen molar-refractivity contribution in [3.63, 3.8) is 0 Å². The fourth-order valence-electron chi connectivity index (χ4n) is 3.70. The van der Waals surface area contributed by atoms with Crippen molar-refractivity contribution in [2.75, 3.05) is 41.5 Å². The lowest BCUT2D eigenvalue weighted by Gasteiger charge is -2.21. The Kier molecular flexibility index (Phi) is 25.1. The van der Waals surface area contributed by atoms with Gasteiger partial charge in [0.15, 0.2) is 0 Å². The van der Waals surface area contributed by atoms with Gasteiger partial charge in [0.25, 0.3) is 0 Å². The van der Waals surface area contributed by atoms with Crippen molar-refractivity contribution in [1.82, 2.24) is 10.1 Å².